The average Bonchev–Trinajstić information content (AvgIpc) is 3.18. The molecule has 0 aliphatic carbocycles. The molecule has 1 unspecified atom stereocenters. The van der Waals surface area contributed by atoms with Gasteiger partial charge in [-0.1, -0.05) is 19.0 Å². The fraction of sp³-hybridized carbons (Fsp3) is 0.778. The summed E-state index contributed by atoms with van der Waals surface area (Å²) in [5, 5.41) is 3.91. The third-order valence-corrected chi connectivity index (χ3v) is 5.77. The summed E-state index contributed by atoms with van der Waals surface area (Å²) in [6, 6.07) is 0. The Labute approximate surface area is 153 Å². The lowest BCUT2D eigenvalue weighted by molar-refractivity contribution is -0.149. The van der Waals surface area contributed by atoms with E-state index in [2.05, 4.69) is 10.1 Å². The van der Waals surface area contributed by atoms with Crippen LogP contribution in [0, 0.1) is 18.3 Å². The molecule has 8 heteroatoms. The molecule has 0 saturated carbocycles. The van der Waals surface area contributed by atoms with Crippen molar-refractivity contribution < 1.29 is 18.8 Å². The van der Waals surface area contributed by atoms with Crippen LogP contribution in [-0.2, 0) is 14.3 Å². The van der Waals surface area contributed by atoms with Crippen LogP contribution in [-0.4, -0.2) is 71.7 Å². The highest BCUT2D eigenvalue weighted by molar-refractivity contribution is 5.80. The Balaban J connectivity index is 1.77. The van der Waals surface area contributed by atoms with Gasteiger partial charge in [-0.3, -0.25) is 9.59 Å². The number of carbonyl (C=O) groups excluding carboxylic acids is 2. The van der Waals surface area contributed by atoms with Crippen LogP contribution < -0.4 is 0 Å². The van der Waals surface area contributed by atoms with Crippen molar-refractivity contribution in [3.63, 3.8) is 0 Å². The molecule has 2 saturated heterocycles. The number of nitrogens with zero attached hydrogens (tertiary/aromatic N) is 4. The number of ether oxygens (including phenoxy) is 1. The quantitative estimate of drug-likeness (QED) is 0.754. The number of likely N-dealkylation sites (tertiary alicyclic amines) is 2. The van der Waals surface area contributed by atoms with Gasteiger partial charge in [0.25, 0.3) is 0 Å². The zero-order valence-electron chi connectivity index (χ0n) is 16.0. The molecule has 3 rings (SSSR count). The molecule has 144 valence electrons. The fourth-order valence-electron chi connectivity index (χ4n) is 4.25. The van der Waals surface area contributed by atoms with E-state index in [-0.39, 0.29) is 35.7 Å². The van der Waals surface area contributed by atoms with Crippen LogP contribution in [0.2, 0.25) is 0 Å². The molecule has 3 heterocycles. The molecule has 2 aliphatic rings. The van der Waals surface area contributed by atoms with E-state index in [0.717, 1.165) is 12.8 Å². The first-order valence-electron chi connectivity index (χ1n) is 9.29. The van der Waals surface area contributed by atoms with Crippen LogP contribution in [0.1, 0.15) is 44.3 Å². The first-order valence-corrected chi connectivity index (χ1v) is 9.29. The number of amides is 2. The van der Waals surface area contributed by atoms with Crippen molar-refractivity contribution >= 4 is 11.8 Å². The first kappa shape index (κ1) is 18.8. The zero-order chi connectivity index (χ0) is 18.9. The molecule has 0 N–H and O–H groups in total. The summed E-state index contributed by atoms with van der Waals surface area (Å²) >= 11 is 0. The lowest BCUT2D eigenvalue weighted by Gasteiger charge is -2.50. The molecule has 1 spiro atoms. The molecule has 8 nitrogen and oxygen atoms in total. The summed E-state index contributed by atoms with van der Waals surface area (Å²) in [6.45, 7) is 8.31. The van der Waals surface area contributed by atoms with Gasteiger partial charge >= 0.3 is 0 Å². The van der Waals surface area contributed by atoms with Crippen molar-refractivity contribution in [2.24, 2.45) is 11.3 Å². The van der Waals surface area contributed by atoms with Gasteiger partial charge in [0.1, 0.15) is 6.61 Å². The minimum atomic E-state index is -0.204. The highest BCUT2D eigenvalue weighted by Crippen LogP contribution is 2.49. The second kappa shape index (κ2) is 7.34. The molecule has 2 amide bonds. The largest absolute Gasteiger partial charge is 0.375 e. The number of methoxy groups -OCH3 is 1. The molecule has 0 bridgehead atoms. The third kappa shape index (κ3) is 3.22. The van der Waals surface area contributed by atoms with E-state index < -0.39 is 0 Å². The standard InChI is InChI=1S/C18H28N4O4/c1-5-13(6-2)17(24)22-10-18(11-22)9-21(15(23)8-25-4)7-14(18)16-19-12(3)20-26-16/h13-14H,5-11H2,1-4H3. The van der Waals surface area contributed by atoms with E-state index in [0.29, 0.717) is 37.9 Å². The Morgan fingerprint density at radius 3 is 2.46 bits per heavy atom. The number of aromatic nitrogens is 2. The maximum absolute atomic E-state index is 12.7. The zero-order valence-corrected chi connectivity index (χ0v) is 16.0. The minimum Gasteiger partial charge on any atom is -0.375 e. The van der Waals surface area contributed by atoms with Gasteiger partial charge in [0.15, 0.2) is 5.82 Å². The monoisotopic (exact) mass is 364 g/mol. The molecule has 1 atom stereocenters. The van der Waals surface area contributed by atoms with E-state index in [1.54, 1.807) is 11.8 Å². The summed E-state index contributed by atoms with van der Waals surface area (Å²) in [4.78, 5) is 33.1. The van der Waals surface area contributed by atoms with Crippen molar-refractivity contribution in [2.75, 3.05) is 39.9 Å². The lowest BCUT2D eigenvalue weighted by Crippen LogP contribution is -2.62. The molecule has 0 radical (unpaired) electrons. The Morgan fingerprint density at radius 2 is 1.92 bits per heavy atom. The first-order chi connectivity index (χ1) is 12.4. The second-order valence-corrected chi connectivity index (χ2v) is 7.51. The molecule has 0 aromatic carbocycles. The van der Waals surface area contributed by atoms with Gasteiger partial charge in [0.05, 0.1) is 5.92 Å². The van der Waals surface area contributed by atoms with Crippen molar-refractivity contribution in [1.82, 2.24) is 19.9 Å². The summed E-state index contributed by atoms with van der Waals surface area (Å²) in [5.41, 5.74) is -0.204. The van der Waals surface area contributed by atoms with Gasteiger partial charge in [-0.25, -0.2) is 0 Å². The predicted molar refractivity (Wildman–Crippen MR) is 93.3 cm³/mol. The van der Waals surface area contributed by atoms with Crippen LogP contribution >= 0.6 is 0 Å². The highest BCUT2D eigenvalue weighted by Gasteiger charge is 2.58. The molecule has 2 aliphatic heterocycles. The minimum absolute atomic E-state index is 0.0459. The summed E-state index contributed by atoms with van der Waals surface area (Å²) in [5.74, 6) is 1.34. The number of hydrogen-bond acceptors (Lipinski definition) is 6. The van der Waals surface area contributed by atoms with Crippen molar-refractivity contribution in [3.05, 3.63) is 11.7 Å². The Kier molecular flexibility index (Phi) is 5.32. The molecular formula is C18H28N4O4. The Bertz CT molecular complexity index is 664. The van der Waals surface area contributed by atoms with Crippen molar-refractivity contribution in [3.8, 4) is 0 Å². The highest BCUT2D eigenvalue weighted by atomic mass is 16.5. The van der Waals surface area contributed by atoms with Gasteiger partial charge in [0.2, 0.25) is 17.7 Å². The number of rotatable bonds is 6. The number of aryl methyl sites for hydroxylation is 1. The van der Waals surface area contributed by atoms with Gasteiger partial charge in [-0.2, -0.15) is 4.98 Å². The van der Waals surface area contributed by atoms with E-state index >= 15 is 0 Å². The van der Waals surface area contributed by atoms with Crippen LogP contribution in [0.3, 0.4) is 0 Å². The lowest BCUT2D eigenvalue weighted by atomic mass is 9.71. The SMILES string of the molecule is CCC(CC)C(=O)N1CC2(CN(C(=O)COC)CC2c2nc(C)no2)C1. The predicted octanol–water partition coefficient (Wildman–Crippen LogP) is 1.22. The molecule has 1 aromatic heterocycles. The van der Waals surface area contributed by atoms with Gasteiger partial charge in [-0.05, 0) is 19.8 Å². The third-order valence-electron chi connectivity index (χ3n) is 5.77. The Morgan fingerprint density at radius 1 is 1.27 bits per heavy atom. The van der Waals surface area contributed by atoms with Crippen LogP contribution in [0.15, 0.2) is 4.52 Å². The van der Waals surface area contributed by atoms with E-state index in [4.69, 9.17) is 9.26 Å². The molecular weight excluding hydrogens is 336 g/mol. The van der Waals surface area contributed by atoms with Gasteiger partial charge in [-0.15, -0.1) is 0 Å². The topological polar surface area (TPSA) is 88.8 Å². The number of hydrogen-bond donors (Lipinski definition) is 0. The van der Waals surface area contributed by atoms with E-state index in [1.807, 2.05) is 18.7 Å². The maximum Gasteiger partial charge on any atom is 0.248 e. The van der Waals surface area contributed by atoms with E-state index in [9.17, 15) is 9.59 Å². The van der Waals surface area contributed by atoms with Gasteiger partial charge < -0.3 is 19.1 Å². The summed E-state index contributed by atoms with van der Waals surface area (Å²) in [6.07, 6.45) is 1.70. The van der Waals surface area contributed by atoms with Crippen LogP contribution in [0.4, 0.5) is 0 Å². The summed E-state index contributed by atoms with van der Waals surface area (Å²) < 4.78 is 10.4. The summed E-state index contributed by atoms with van der Waals surface area (Å²) in [7, 11) is 1.52. The molecule has 1 aromatic rings. The van der Waals surface area contributed by atoms with Crippen LogP contribution in [0.5, 0.6) is 0 Å². The fourth-order valence-corrected chi connectivity index (χ4v) is 4.25. The number of carbonyl (C=O) groups is 2. The average molecular weight is 364 g/mol. The molecule has 26 heavy (non-hydrogen) atoms. The Hall–Kier alpha value is -1.96. The normalized spacial score (nSPS) is 21.5. The van der Waals surface area contributed by atoms with Gasteiger partial charge in [0, 0.05) is 44.6 Å². The van der Waals surface area contributed by atoms with E-state index in [1.165, 1.54) is 7.11 Å². The second-order valence-electron chi connectivity index (χ2n) is 7.51. The molecule has 2 fully saturated rings. The van der Waals surface area contributed by atoms with Crippen molar-refractivity contribution in [2.45, 2.75) is 39.5 Å². The maximum atomic E-state index is 12.7. The van der Waals surface area contributed by atoms with Crippen molar-refractivity contribution in [1.29, 1.82) is 0 Å². The smallest absolute Gasteiger partial charge is 0.248 e. The van der Waals surface area contributed by atoms with Crippen LogP contribution in [0.25, 0.3) is 0 Å².